The van der Waals surface area contributed by atoms with Crippen molar-refractivity contribution in [1.82, 2.24) is 4.98 Å². The van der Waals surface area contributed by atoms with Gasteiger partial charge in [-0.25, -0.2) is 4.79 Å². The zero-order chi connectivity index (χ0) is 20.3. The maximum absolute atomic E-state index is 12.5. The van der Waals surface area contributed by atoms with E-state index in [2.05, 4.69) is 4.98 Å². The number of esters is 1. The number of hydrogen-bond donors (Lipinski definition) is 1. The quantitative estimate of drug-likeness (QED) is 0.658. The van der Waals surface area contributed by atoms with Crippen LogP contribution in [0.5, 0.6) is 17.2 Å². The van der Waals surface area contributed by atoms with Gasteiger partial charge in [-0.05, 0) is 42.6 Å². The summed E-state index contributed by atoms with van der Waals surface area (Å²) in [6.45, 7) is 1.81. The van der Waals surface area contributed by atoms with Crippen LogP contribution in [0.4, 0.5) is 0 Å². The zero-order valence-corrected chi connectivity index (χ0v) is 16.1. The van der Waals surface area contributed by atoms with Gasteiger partial charge in [-0.3, -0.25) is 4.79 Å². The van der Waals surface area contributed by atoms with Gasteiger partial charge in [-0.15, -0.1) is 0 Å². The highest BCUT2D eigenvalue weighted by atomic mass is 16.5. The van der Waals surface area contributed by atoms with Crippen LogP contribution in [0.2, 0.25) is 0 Å². The maximum atomic E-state index is 12.5. The van der Waals surface area contributed by atoms with Gasteiger partial charge in [0.15, 0.2) is 11.5 Å². The van der Waals surface area contributed by atoms with Crippen LogP contribution in [0, 0.1) is 6.92 Å². The second kappa shape index (κ2) is 8.04. The lowest BCUT2D eigenvalue weighted by atomic mass is 10.1. The molecule has 2 aromatic carbocycles. The third-order valence-corrected chi connectivity index (χ3v) is 4.34. The van der Waals surface area contributed by atoms with E-state index in [4.69, 9.17) is 18.9 Å². The van der Waals surface area contributed by atoms with E-state index in [0.717, 1.165) is 16.5 Å². The number of pyridine rings is 1. The van der Waals surface area contributed by atoms with Crippen LogP contribution in [-0.4, -0.2) is 32.3 Å². The van der Waals surface area contributed by atoms with Gasteiger partial charge in [0.2, 0.25) is 5.75 Å². The molecule has 0 fully saturated rings. The number of nitrogens with one attached hydrogen (secondary N) is 1. The first-order valence-corrected chi connectivity index (χ1v) is 8.56. The van der Waals surface area contributed by atoms with Gasteiger partial charge >= 0.3 is 5.97 Å². The molecule has 7 nitrogen and oxygen atoms in total. The lowest BCUT2D eigenvalue weighted by Crippen LogP contribution is -2.15. The van der Waals surface area contributed by atoms with E-state index in [9.17, 15) is 9.59 Å². The summed E-state index contributed by atoms with van der Waals surface area (Å²) in [7, 11) is 4.40. The van der Waals surface area contributed by atoms with Gasteiger partial charge in [0, 0.05) is 5.52 Å². The molecule has 0 saturated carbocycles. The zero-order valence-electron chi connectivity index (χ0n) is 16.1. The molecule has 0 atom stereocenters. The summed E-state index contributed by atoms with van der Waals surface area (Å²) in [6.07, 6.45) is 0. The smallest absolute Gasteiger partial charge is 0.338 e. The lowest BCUT2D eigenvalue weighted by molar-refractivity contribution is 0.0470. The van der Waals surface area contributed by atoms with Crippen LogP contribution in [0.1, 0.15) is 21.5 Å². The van der Waals surface area contributed by atoms with Crippen LogP contribution in [0.25, 0.3) is 10.9 Å². The Morgan fingerprint density at radius 2 is 1.64 bits per heavy atom. The Morgan fingerprint density at radius 3 is 2.25 bits per heavy atom. The third kappa shape index (κ3) is 3.78. The first-order chi connectivity index (χ1) is 13.5. The van der Waals surface area contributed by atoms with Crippen LogP contribution in [-0.2, 0) is 11.3 Å². The monoisotopic (exact) mass is 383 g/mol. The van der Waals surface area contributed by atoms with E-state index in [1.165, 1.54) is 33.5 Å². The molecule has 0 bridgehead atoms. The summed E-state index contributed by atoms with van der Waals surface area (Å²) < 4.78 is 21.1. The highest BCUT2D eigenvalue weighted by Crippen LogP contribution is 2.38. The lowest BCUT2D eigenvalue weighted by Gasteiger charge is -2.13. The fourth-order valence-corrected chi connectivity index (χ4v) is 2.90. The SMILES string of the molecule is COc1cc(C(=O)OCc2cc3cc(C)ccc3[nH]c2=O)cc(OC)c1OC. The second-order valence-corrected chi connectivity index (χ2v) is 6.20. The highest BCUT2D eigenvalue weighted by molar-refractivity contribution is 5.91. The molecular formula is C21H21NO6. The molecule has 0 spiro atoms. The summed E-state index contributed by atoms with van der Waals surface area (Å²) >= 11 is 0. The molecule has 1 N–H and O–H groups in total. The van der Waals surface area contributed by atoms with Crippen molar-refractivity contribution in [3.63, 3.8) is 0 Å². The Bertz CT molecular complexity index is 1060. The molecule has 1 heterocycles. The molecule has 1 aromatic heterocycles. The molecule has 0 aliphatic heterocycles. The predicted octanol–water partition coefficient (Wildman–Crippen LogP) is 3.22. The number of carbonyl (C=O) groups is 1. The van der Waals surface area contributed by atoms with Crippen LogP contribution in [0.3, 0.4) is 0 Å². The number of carbonyl (C=O) groups excluding carboxylic acids is 1. The number of methoxy groups -OCH3 is 3. The van der Waals surface area contributed by atoms with Crippen molar-refractivity contribution in [2.75, 3.05) is 21.3 Å². The molecule has 146 valence electrons. The van der Waals surface area contributed by atoms with Gasteiger partial charge in [0.25, 0.3) is 5.56 Å². The van der Waals surface area contributed by atoms with Gasteiger partial charge < -0.3 is 23.9 Å². The summed E-state index contributed by atoms with van der Waals surface area (Å²) in [6, 6.07) is 10.4. The van der Waals surface area contributed by atoms with E-state index in [1.54, 1.807) is 6.07 Å². The number of hydrogen-bond acceptors (Lipinski definition) is 6. The fourth-order valence-electron chi connectivity index (χ4n) is 2.90. The molecule has 0 saturated heterocycles. The summed E-state index contributed by atoms with van der Waals surface area (Å²) in [4.78, 5) is 27.5. The number of fused-ring (bicyclic) bond motifs is 1. The van der Waals surface area contributed by atoms with Gasteiger partial charge in [0.1, 0.15) is 6.61 Å². The molecule has 0 radical (unpaired) electrons. The van der Waals surface area contributed by atoms with Gasteiger partial charge in [-0.2, -0.15) is 0 Å². The van der Waals surface area contributed by atoms with E-state index < -0.39 is 5.97 Å². The van der Waals surface area contributed by atoms with Gasteiger partial charge in [0.05, 0.1) is 32.5 Å². The van der Waals surface area contributed by atoms with Crippen molar-refractivity contribution in [2.45, 2.75) is 13.5 Å². The van der Waals surface area contributed by atoms with Crippen molar-refractivity contribution < 1.29 is 23.7 Å². The first kappa shape index (κ1) is 19.3. The van der Waals surface area contributed by atoms with E-state index in [-0.39, 0.29) is 17.7 Å². The molecule has 0 aliphatic carbocycles. The second-order valence-electron chi connectivity index (χ2n) is 6.20. The number of aryl methyl sites for hydroxylation is 1. The molecule has 0 amide bonds. The number of aromatic amines is 1. The fraction of sp³-hybridized carbons (Fsp3) is 0.238. The topological polar surface area (TPSA) is 86.9 Å². The van der Waals surface area contributed by atoms with Crippen LogP contribution >= 0.6 is 0 Å². The summed E-state index contributed by atoms with van der Waals surface area (Å²) in [5, 5.41) is 0.874. The van der Waals surface area contributed by atoms with Crippen LogP contribution < -0.4 is 19.8 Å². The minimum Gasteiger partial charge on any atom is -0.493 e. The Balaban J connectivity index is 1.85. The summed E-state index contributed by atoms with van der Waals surface area (Å²) in [5.41, 5.74) is 2.09. The molecule has 3 rings (SSSR count). The minimum atomic E-state index is -0.608. The molecule has 7 heteroatoms. The van der Waals surface area contributed by atoms with Crippen molar-refractivity contribution in [1.29, 1.82) is 0 Å². The number of rotatable bonds is 6. The maximum Gasteiger partial charge on any atom is 0.338 e. The van der Waals surface area contributed by atoms with E-state index in [0.29, 0.717) is 22.8 Å². The molecule has 0 unspecified atom stereocenters. The predicted molar refractivity (Wildman–Crippen MR) is 105 cm³/mol. The number of benzene rings is 2. The number of ether oxygens (including phenoxy) is 4. The highest BCUT2D eigenvalue weighted by Gasteiger charge is 2.18. The van der Waals surface area contributed by atoms with Crippen molar-refractivity contribution in [3.05, 3.63) is 63.4 Å². The van der Waals surface area contributed by atoms with Crippen molar-refractivity contribution >= 4 is 16.9 Å². The molecule has 28 heavy (non-hydrogen) atoms. The minimum absolute atomic E-state index is 0.158. The molecular weight excluding hydrogens is 362 g/mol. The van der Waals surface area contributed by atoms with E-state index >= 15 is 0 Å². The Labute approximate surface area is 161 Å². The Hall–Kier alpha value is -3.48. The standard InChI is InChI=1S/C21H21NO6/c1-12-5-6-16-13(7-12)8-15(20(23)22-16)11-28-21(24)14-9-17(25-2)19(27-4)18(10-14)26-3/h5-10H,11H2,1-4H3,(H,22,23). The Morgan fingerprint density at radius 1 is 0.964 bits per heavy atom. The summed E-state index contributed by atoms with van der Waals surface area (Å²) in [5.74, 6) is 0.451. The third-order valence-electron chi connectivity index (χ3n) is 4.34. The average molecular weight is 383 g/mol. The van der Waals surface area contributed by atoms with Crippen LogP contribution in [0.15, 0.2) is 41.2 Å². The van der Waals surface area contributed by atoms with Crippen molar-refractivity contribution in [3.8, 4) is 17.2 Å². The molecule has 0 aliphatic rings. The largest absolute Gasteiger partial charge is 0.493 e. The first-order valence-electron chi connectivity index (χ1n) is 8.56. The van der Waals surface area contributed by atoms with Gasteiger partial charge in [-0.1, -0.05) is 11.6 Å². The van der Waals surface area contributed by atoms with E-state index in [1.807, 2.05) is 25.1 Å². The molecule has 3 aromatic rings. The average Bonchev–Trinajstić information content (AvgIpc) is 2.70. The number of H-pyrrole nitrogens is 1. The number of aromatic nitrogens is 1. The van der Waals surface area contributed by atoms with Crippen molar-refractivity contribution in [2.24, 2.45) is 0 Å². The normalized spacial score (nSPS) is 10.6. The Kier molecular flexibility index (Phi) is 5.54.